The molecule has 0 aliphatic rings. The molecule has 0 aromatic heterocycles. The monoisotopic (exact) mass is 494 g/mol. The lowest BCUT2D eigenvalue weighted by Crippen LogP contribution is -2.40. The Morgan fingerprint density at radius 1 is 0.912 bits per heavy atom. The average Bonchev–Trinajstić information content (AvgIpc) is 2.79. The van der Waals surface area contributed by atoms with Crippen LogP contribution >= 0.6 is 0 Å². The highest BCUT2D eigenvalue weighted by Crippen LogP contribution is 2.30. The summed E-state index contributed by atoms with van der Waals surface area (Å²) in [6, 6.07) is 14.5. The normalized spacial score (nSPS) is 11.9. The number of sulfonamides is 1. The second kappa shape index (κ2) is 10.3. The molecule has 7 nitrogen and oxygen atoms in total. The Morgan fingerprint density at radius 2 is 1.59 bits per heavy atom. The zero-order valence-corrected chi connectivity index (χ0v) is 19.4. The number of benzene rings is 3. The van der Waals surface area contributed by atoms with E-state index in [0.29, 0.717) is 10.9 Å². The molecule has 182 valence electrons. The Bertz CT molecular complexity index is 1280. The van der Waals surface area contributed by atoms with Crippen molar-refractivity contribution >= 4 is 32.5 Å². The zero-order valence-electron chi connectivity index (χ0n) is 18.6. The molecule has 3 N–H and O–H groups in total. The average molecular weight is 495 g/mol. The molecule has 0 fully saturated rings. The molecule has 0 aliphatic carbocycles. The predicted octanol–water partition coefficient (Wildman–Crippen LogP) is 3.70. The predicted molar refractivity (Wildman–Crippen MR) is 125 cm³/mol. The van der Waals surface area contributed by atoms with Gasteiger partial charge >= 0.3 is 12.2 Å². The van der Waals surface area contributed by atoms with Gasteiger partial charge in [0, 0.05) is 50.2 Å². The lowest BCUT2D eigenvalue weighted by atomic mass is 10.1. The van der Waals surface area contributed by atoms with Gasteiger partial charge in [0.15, 0.2) is 0 Å². The molecule has 3 aromatic rings. The van der Waals surface area contributed by atoms with Crippen LogP contribution in [0.2, 0.25) is 0 Å². The van der Waals surface area contributed by atoms with Crippen LogP contribution in [0.3, 0.4) is 0 Å². The molecule has 0 unspecified atom stereocenters. The van der Waals surface area contributed by atoms with Crippen LogP contribution in [-0.2, 0) is 22.7 Å². The van der Waals surface area contributed by atoms with Crippen molar-refractivity contribution in [1.29, 1.82) is 0 Å². The van der Waals surface area contributed by atoms with E-state index in [9.17, 15) is 26.4 Å². The van der Waals surface area contributed by atoms with E-state index in [4.69, 9.17) is 0 Å². The van der Waals surface area contributed by atoms with Crippen LogP contribution in [0.5, 0.6) is 0 Å². The number of nitrogens with one attached hydrogen (secondary N) is 3. The lowest BCUT2D eigenvalue weighted by Gasteiger charge is -2.17. The fourth-order valence-corrected chi connectivity index (χ4v) is 4.68. The van der Waals surface area contributed by atoms with E-state index in [1.165, 1.54) is 18.2 Å². The summed E-state index contributed by atoms with van der Waals surface area (Å²) in [5.41, 5.74) is 0.375. The molecular weight excluding hydrogens is 469 g/mol. The van der Waals surface area contributed by atoms with Crippen molar-refractivity contribution in [3.63, 3.8) is 0 Å². The fourth-order valence-electron chi connectivity index (χ4n) is 3.43. The minimum Gasteiger partial charge on any atom is -0.377 e. The smallest absolute Gasteiger partial charge is 0.377 e. The standard InChI is InChI=1S/C23H25F3N4O3S/c1-30(2)20-10-4-9-19-18(20)8-5-11-21(19)34(32,33)29-13-12-27-22(31)28-15-16-6-3-7-17(14-16)23(24,25)26/h3-11,14,29H,12-13,15H2,1-2H3,(H2,27,28,31). The number of urea groups is 1. The highest BCUT2D eigenvalue weighted by atomic mass is 32.2. The Morgan fingerprint density at radius 3 is 2.29 bits per heavy atom. The third-order valence-corrected chi connectivity index (χ3v) is 6.56. The highest BCUT2D eigenvalue weighted by Gasteiger charge is 2.30. The Labute approximate surface area is 196 Å². The second-order valence-electron chi connectivity index (χ2n) is 7.73. The Balaban J connectivity index is 1.55. The summed E-state index contributed by atoms with van der Waals surface area (Å²) in [6.45, 7) is -0.184. The first-order valence-electron chi connectivity index (χ1n) is 10.4. The first-order chi connectivity index (χ1) is 16.0. The maximum absolute atomic E-state index is 12.9. The molecule has 0 heterocycles. The van der Waals surface area contributed by atoms with Gasteiger partial charge in [-0.05, 0) is 29.8 Å². The van der Waals surface area contributed by atoms with E-state index >= 15 is 0 Å². The number of halogens is 3. The molecule has 0 saturated carbocycles. The summed E-state index contributed by atoms with van der Waals surface area (Å²) < 4.78 is 66.5. The van der Waals surface area contributed by atoms with Gasteiger partial charge < -0.3 is 15.5 Å². The molecule has 0 radical (unpaired) electrons. The molecular formula is C23H25F3N4O3S. The van der Waals surface area contributed by atoms with Crippen LogP contribution in [0.25, 0.3) is 10.8 Å². The second-order valence-corrected chi connectivity index (χ2v) is 9.46. The van der Waals surface area contributed by atoms with Crippen molar-refractivity contribution < 1.29 is 26.4 Å². The summed E-state index contributed by atoms with van der Waals surface area (Å²) in [6.07, 6.45) is -4.46. The maximum atomic E-state index is 12.9. The molecule has 0 aliphatic heterocycles. The van der Waals surface area contributed by atoms with Gasteiger partial charge in [-0.1, -0.05) is 36.4 Å². The van der Waals surface area contributed by atoms with Gasteiger partial charge in [0.2, 0.25) is 10.0 Å². The van der Waals surface area contributed by atoms with Crippen LogP contribution in [0, 0.1) is 0 Å². The molecule has 0 atom stereocenters. The lowest BCUT2D eigenvalue weighted by molar-refractivity contribution is -0.137. The van der Waals surface area contributed by atoms with Crippen LogP contribution in [0.15, 0.2) is 65.6 Å². The summed E-state index contributed by atoms with van der Waals surface area (Å²) >= 11 is 0. The topological polar surface area (TPSA) is 90.5 Å². The number of hydrogen-bond acceptors (Lipinski definition) is 4. The van der Waals surface area contributed by atoms with Gasteiger partial charge in [0.25, 0.3) is 0 Å². The third-order valence-electron chi connectivity index (χ3n) is 5.04. The van der Waals surface area contributed by atoms with Crippen molar-refractivity contribution in [2.45, 2.75) is 17.6 Å². The van der Waals surface area contributed by atoms with Gasteiger partial charge in [0.1, 0.15) is 0 Å². The largest absolute Gasteiger partial charge is 0.416 e. The number of fused-ring (bicyclic) bond motifs is 1. The van der Waals surface area contributed by atoms with Crippen LogP contribution < -0.4 is 20.3 Å². The SMILES string of the molecule is CN(C)c1cccc2c(S(=O)(=O)NCCNC(=O)NCc3cccc(C(F)(F)F)c3)cccc12. The van der Waals surface area contributed by atoms with Crippen molar-refractivity contribution in [3.8, 4) is 0 Å². The molecule has 0 spiro atoms. The van der Waals surface area contributed by atoms with Crippen LogP contribution in [-0.4, -0.2) is 41.6 Å². The Hall–Kier alpha value is -3.31. The van der Waals surface area contributed by atoms with Crippen molar-refractivity contribution in [1.82, 2.24) is 15.4 Å². The molecule has 3 rings (SSSR count). The first kappa shape index (κ1) is 25.3. The number of nitrogens with zero attached hydrogens (tertiary/aromatic N) is 1. The molecule has 3 aromatic carbocycles. The molecule has 0 saturated heterocycles. The number of rotatable bonds is 8. The molecule has 2 amide bonds. The van der Waals surface area contributed by atoms with Gasteiger partial charge in [-0.2, -0.15) is 13.2 Å². The van der Waals surface area contributed by atoms with E-state index in [1.807, 2.05) is 31.1 Å². The van der Waals surface area contributed by atoms with E-state index in [0.717, 1.165) is 23.2 Å². The van der Waals surface area contributed by atoms with Crippen molar-refractivity contribution in [2.75, 3.05) is 32.1 Å². The first-order valence-corrected chi connectivity index (χ1v) is 11.8. The molecule has 34 heavy (non-hydrogen) atoms. The van der Waals surface area contributed by atoms with Gasteiger partial charge in [0.05, 0.1) is 10.5 Å². The quantitative estimate of drug-likeness (QED) is 0.417. The van der Waals surface area contributed by atoms with E-state index in [-0.39, 0.29) is 24.5 Å². The van der Waals surface area contributed by atoms with Gasteiger partial charge in [-0.25, -0.2) is 17.9 Å². The van der Waals surface area contributed by atoms with Crippen molar-refractivity contribution in [2.24, 2.45) is 0 Å². The van der Waals surface area contributed by atoms with E-state index in [1.54, 1.807) is 18.2 Å². The van der Waals surface area contributed by atoms with Gasteiger partial charge in [-0.3, -0.25) is 0 Å². The number of hydrogen-bond donors (Lipinski definition) is 3. The number of alkyl halides is 3. The summed E-state index contributed by atoms with van der Waals surface area (Å²) in [5, 5.41) is 6.30. The van der Waals surface area contributed by atoms with Gasteiger partial charge in [-0.15, -0.1) is 0 Å². The zero-order chi connectivity index (χ0) is 24.9. The third kappa shape index (κ3) is 6.17. The van der Waals surface area contributed by atoms with Crippen molar-refractivity contribution in [3.05, 3.63) is 71.8 Å². The fraction of sp³-hybridized carbons (Fsp3) is 0.261. The summed E-state index contributed by atoms with van der Waals surface area (Å²) in [4.78, 5) is 14.0. The van der Waals surface area contributed by atoms with E-state index < -0.39 is 27.8 Å². The summed E-state index contributed by atoms with van der Waals surface area (Å²) in [5.74, 6) is 0. The minimum atomic E-state index is -4.46. The number of amides is 2. The molecule has 11 heteroatoms. The number of carbonyl (C=O) groups is 1. The summed E-state index contributed by atoms with van der Waals surface area (Å²) in [7, 11) is -0.102. The van der Waals surface area contributed by atoms with Crippen LogP contribution in [0.1, 0.15) is 11.1 Å². The molecule has 0 bridgehead atoms. The number of anilines is 1. The van der Waals surface area contributed by atoms with Crippen LogP contribution in [0.4, 0.5) is 23.7 Å². The van der Waals surface area contributed by atoms with E-state index in [2.05, 4.69) is 15.4 Å². The maximum Gasteiger partial charge on any atom is 0.416 e. The number of carbonyl (C=O) groups excluding carboxylic acids is 1. The Kier molecular flexibility index (Phi) is 7.68. The minimum absolute atomic E-state index is 0.0125. The highest BCUT2D eigenvalue weighted by molar-refractivity contribution is 7.89.